The normalized spacial score (nSPS) is 11.8. The average molecular weight is 549 g/mol. The van der Waals surface area contributed by atoms with Crippen molar-refractivity contribution in [3.05, 3.63) is 28.8 Å². The van der Waals surface area contributed by atoms with E-state index in [-0.39, 0.29) is 23.0 Å². The Morgan fingerprint density at radius 3 is 1.41 bits per heavy atom. The molecule has 1 aromatic carbocycles. The molecule has 0 amide bonds. The topological polar surface area (TPSA) is 77.8 Å². The van der Waals surface area contributed by atoms with Gasteiger partial charge < -0.3 is 15.3 Å². The number of phenols is 1. The molecular formula is C35H64O4. The Hall–Kier alpha value is -1.55. The van der Waals surface area contributed by atoms with E-state index in [1.807, 2.05) is 12.1 Å². The summed E-state index contributed by atoms with van der Waals surface area (Å²) in [6, 6.07) is 3.98. The molecule has 228 valence electrons. The Morgan fingerprint density at radius 1 is 0.667 bits per heavy atom. The minimum atomic E-state index is -0.845. The van der Waals surface area contributed by atoms with Gasteiger partial charge in [-0.2, -0.15) is 0 Å². The first-order valence-corrected chi connectivity index (χ1v) is 16.0. The van der Waals surface area contributed by atoms with Crippen LogP contribution in [0.1, 0.15) is 174 Å². The Labute approximate surface area is 242 Å². The molecule has 0 aromatic heterocycles. The van der Waals surface area contributed by atoms with E-state index in [9.17, 15) is 9.90 Å². The summed E-state index contributed by atoms with van der Waals surface area (Å²) in [5, 5.41) is 27.9. The fraction of sp³-hybridized carbons (Fsp3) is 0.800. The number of carbonyl (C=O) groups is 1. The van der Waals surface area contributed by atoms with E-state index in [1.54, 1.807) is 0 Å². The Morgan fingerprint density at radius 2 is 1.08 bits per heavy atom. The third-order valence-corrected chi connectivity index (χ3v) is 7.48. The summed E-state index contributed by atoms with van der Waals surface area (Å²) in [5.41, 5.74) is 2.52. The van der Waals surface area contributed by atoms with E-state index >= 15 is 0 Å². The minimum Gasteiger partial charge on any atom is -0.507 e. The summed E-state index contributed by atoms with van der Waals surface area (Å²) in [6.07, 6.45) is 22.6. The molecule has 0 unspecified atom stereocenters. The number of aliphatic hydroxyl groups excluding tert-OH is 1. The number of phenolic OH excluding ortho intramolecular Hbond substituents is 1. The number of hydrogen-bond acceptors (Lipinski definition) is 3. The predicted octanol–water partition coefficient (Wildman–Crippen LogP) is 10.2. The van der Waals surface area contributed by atoms with Gasteiger partial charge in [-0.15, -0.1) is 0 Å². The van der Waals surface area contributed by atoms with Crippen LogP contribution in [-0.4, -0.2) is 27.9 Å². The number of unbranched alkanes of at least 4 members (excludes halogenated alkanes) is 15. The van der Waals surface area contributed by atoms with Crippen molar-refractivity contribution in [3.8, 4) is 5.75 Å². The van der Waals surface area contributed by atoms with Crippen LogP contribution < -0.4 is 0 Å². The molecule has 0 radical (unpaired) electrons. The standard InChI is InChI=1S/C18H38O.C17H26O3/c1-2-3-4-5-6-7-8-9-10-11-12-13-14-15-16-17-18-19;1-16(2,3)12-9-11(7-8-14(18)19)15(20)13(10-12)17(4,5)6/h19H,2-18H2,1H3;9-10,20H,7-8H2,1-6H3,(H,18,19). The molecule has 3 N–H and O–H groups in total. The maximum absolute atomic E-state index is 10.8. The van der Waals surface area contributed by atoms with Crippen molar-refractivity contribution in [3.63, 3.8) is 0 Å². The highest BCUT2D eigenvalue weighted by Crippen LogP contribution is 2.38. The number of aryl methyl sites for hydroxylation is 1. The molecule has 0 heterocycles. The number of aliphatic carboxylic acids is 1. The summed E-state index contributed by atoms with van der Waals surface area (Å²) in [7, 11) is 0. The van der Waals surface area contributed by atoms with Crippen LogP contribution >= 0.6 is 0 Å². The van der Waals surface area contributed by atoms with Gasteiger partial charge in [0.15, 0.2) is 0 Å². The highest BCUT2D eigenvalue weighted by Gasteiger charge is 2.25. The Balaban J connectivity index is 0.000000742. The fourth-order valence-corrected chi connectivity index (χ4v) is 4.79. The third kappa shape index (κ3) is 19.2. The maximum Gasteiger partial charge on any atom is 0.303 e. The fourth-order valence-electron chi connectivity index (χ4n) is 4.79. The van der Waals surface area contributed by atoms with E-state index in [1.165, 1.54) is 96.3 Å². The Kier molecular flexibility index (Phi) is 20.4. The zero-order valence-corrected chi connectivity index (χ0v) is 26.8. The van der Waals surface area contributed by atoms with Crippen molar-refractivity contribution in [1.82, 2.24) is 0 Å². The first kappa shape index (κ1) is 37.5. The molecule has 0 spiro atoms. The average Bonchev–Trinajstić information content (AvgIpc) is 2.84. The van der Waals surface area contributed by atoms with Crippen LogP contribution in [0.4, 0.5) is 0 Å². The number of hydrogen-bond donors (Lipinski definition) is 3. The molecule has 0 saturated heterocycles. The van der Waals surface area contributed by atoms with Gasteiger partial charge in [-0.05, 0) is 40.4 Å². The van der Waals surface area contributed by atoms with Gasteiger partial charge in [0.1, 0.15) is 5.75 Å². The van der Waals surface area contributed by atoms with Gasteiger partial charge in [0.2, 0.25) is 0 Å². The first-order valence-electron chi connectivity index (χ1n) is 16.0. The number of carboxylic acid groups (broad SMARTS) is 1. The summed E-state index contributed by atoms with van der Waals surface area (Å²) in [5.74, 6) is -0.602. The Bertz CT molecular complexity index is 739. The van der Waals surface area contributed by atoms with E-state index in [4.69, 9.17) is 10.2 Å². The molecular weight excluding hydrogens is 484 g/mol. The SMILES string of the molecule is CC(C)(C)c1cc(CCC(=O)O)c(O)c(C(C)(C)C)c1.CCCCCCCCCCCCCCCCCCO. The zero-order valence-electron chi connectivity index (χ0n) is 26.8. The molecule has 0 atom stereocenters. The molecule has 0 bridgehead atoms. The largest absolute Gasteiger partial charge is 0.507 e. The van der Waals surface area contributed by atoms with Crippen molar-refractivity contribution >= 4 is 5.97 Å². The molecule has 0 aliphatic carbocycles. The van der Waals surface area contributed by atoms with E-state index < -0.39 is 5.97 Å². The lowest BCUT2D eigenvalue weighted by atomic mass is 9.78. The predicted molar refractivity (Wildman–Crippen MR) is 168 cm³/mol. The number of aliphatic hydroxyl groups is 1. The van der Waals surface area contributed by atoms with Gasteiger partial charge in [0.05, 0.1) is 0 Å². The molecule has 1 rings (SSSR count). The second-order valence-electron chi connectivity index (χ2n) is 13.5. The quantitative estimate of drug-likeness (QED) is 0.150. The van der Waals surface area contributed by atoms with Gasteiger partial charge in [-0.25, -0.2) is 0 Å². The lowest BCUT2D eigenvalue weighted by Gasteiger charge is -2.27. The van der Waals surface area contributed by atoms with Crippen molar-refractivity contribution in [2.45, 2.75) is 175 Å². The molecule has 1 aromatic rings. The maximum atomic E-state index is 10.8. The van der Waals surface area contributed by atoms with Crippen molar-refractivity contribution < 1.29 is 20.1 Å². The smallest absolute Gasteiger partial charge is 0.303 e. The third-order valence-electron chi connectivity index (χ3n) is 7.48. The van der Waals surface area contributed by atoms with Crippen LogP contribution in [0, 0.1) is 0 Å². The summed E-state index contributed by atoms with van der Waals surface area (Å²) >= 11 is 0. The second kappa shape index (κ2) is 21.2. The molecule has 39 heavy (non-hydrogen) atoms. The summed E-state index contributed by atoms with van der Waals surface area (Å²) < 4.78 is 0. The molecule has 4 heteroatoms. The van der Waals surface area contributed by atoms with E-state index in [0.29, 0.717) is 13.0 Å². The van der Waals surface area contributed by atoms with E-state index in [2.05, 4.69) is 48.5 Å². The first-order chi connectivity index (χ1) is 18.3. The molecule has 0 saturated carbocycles. The monoisotopic (exact) mass is 548 g/mol. The van der Waals surface area contributed by atoms with Crippen LogP contribution in [0.25, 0.3) is 0 Å². The van der Waals surface area contributed by atoms with Gasteiger partial charge >= 0.3 is 5.97 Å². The van der Waals surface area contributed by atoms with Gasteiger partial charge in [-0.1, -0.05) is 157 Å². The second-order valence-corrected chi connectivity index (χ2v) is 13.5. The summed E-state index contributed by atoms with van der Waals surface area (Å²) in [4.78, 5) is 10.8. The van der Waals surface area contributed by atoms with Crippen molar-refractivity contribution in [2.24, 2.45) is 0 Å². The molecule has 0 fully saturated rings. The number of carboxylic acids is 1. The van der Waals surface area contributed by atoms with Crippen LogP contribution in [0.3, 0.4) is 0 Å². The lowest BCUT2D eigenvalue weighted by Crippen LogP contribution is -2.17. The van der Waals surface area contributed by atoms with Crippen LogP contribution in [0.5, 0.6) is 5.75 Å². The number of benzene rings is 1. The molecule has 0 aliphatic heterocycles. The lowest BCUT2D eigenvalue weighted by molar-refractivity contribution is -0.136. The number of rotatable bonds is 19. The number of aromatic hydroxyl groups is 1. The van der Waals surface area contributed by atoms with Crippen LogP contribution in [-0.2, 0) is 22.0 Å². The van der Waals surface area contributed by atoms with Crippen molar-refractivity contribution in [1.29, 1.82) is 0 Å². The van der Waals surface area contributed by atoms with Crippen molar-refractivity contribution in [2.75, 3.05) is 6.61 Å². The zero-order chi connectivity index (χ0) is 29.7. The van der Waals surface area contributed by atoms with Gasteiger partial charge in [0.25, 0.3) is 0 Å². The van der Waals surface area contributed by atoms with Gasteiger partial charge in [-0.3, -0.25) is 4.79 Å². The molecule has 4 nitrogen and oxygen atoms in total. The van der Waals surface area contributed by atoms with Crippen LogP contribution in [0.15, 0.2) is 12.1 Å². The molecule has 0 aliphatic rings. The van der Waals surface area contributed by atoms with Gasteiger partial charge in [0, 0.05) is 13.0 Å². The highest BCUT2D eigenvalue weighted by molar-refractivity contribution is 5.67. The highest BCUT2D eigenvalue weighted by atomic mass is 16.4. The van der Waals surface area contributed by atoms with E-state index in [0.717, 1.165) is 23.1 Å². The summed E-state index contributed by atoms with van der Waals surface area (Å²) in [6.45, 7) is 15.2. The van der Waals surface area contributed by atoms with Crippen LogP contribution in [0.2, 0.25) is 0 Å². The minimum absolute atomic E-state index is 0.0325.